The smallest absolute Gasteiger partial charge is 0.257 e. The quantitative estimate of drug-likeness (QED) is 0.870. The molecule has 0 aliphatic carbocycles. The maximum Gasteiger partial charge on any atom is 0.257 e. The molecular weight excluding hydrogens is 314 g/mol. The van der Waals surface area contributed by atoms with Crippen molar-refractivity contribution in [2.75, 3.05) is 5.32 Å². The average Bonchev–Trinajstić information content (AvgIpc) is 2.57. The van der Waals surface area contributed by atoms with Gasteiger partial charge in [-0.1, -0.05) is 24.6 Å². The number of carbonyl (C=O) groups is 2. The number of rotatable bonds is 5. The minimum absolute atomic E-state index is 0.0721. The summed E-state index contributed by atoms with van der Waals surface area (Å²) >= 11 is 0. The third kappa shape index (κ3) is 4.66. The lowest BCUT2D eigenvalue weighted by molar-refractivity contribution is 0.0939. The summed E-state index contributed by atoms with van der Waals surface area (Å²) in [4.78, 5) is 28.8. The standard InChI is InChI=1S/C20H25N3O2/c1-6-15(5)22-19(24)16-9-17(11-21-10-16)20(25)23-18-13(3)7-12(2)8-14(18)4/h7-11,15H,6H2,1-5H3,(H,22,24)(H,23,25). The first kappa shape index (κ1) is 18.6. The van der Waals surface area contributed by atoms with Gasteiger partial charge in [0.2, 0.25) is 0 Å². The molecule has 0 aliphatic heterocycles. The molecule has 2 amide bonds. The minimum atomic E-state index is -0.277. The third-order valence-corrected chi connectivity index (χ3v) is 4.17. The molecule has 1 heterocycles. The molecule has 0 aliphatic rings. The van der Waals surface area contributed by atoms with E-state index in [0.29, 0.717) is 11.1 Å². The maximum absolute atomic E-state index is 12.6. The molecule has 25 heavy (non-hydrogen) atoms. The number of benzene rings is 1. The Hall–Kier alpha value is -2.69. The van der Waals surface area contributed by atoms with E-state index in [2.05, 4.69) is 15.6 Å². The van der Waals surface area contributed by atoms with Crippen LogP contribution in [0.1, 0.15) is 57.7 Å². The second kappa shape index (κ2) is 7.92. The Labute approximate surface area is 148 Å². The molecule has 1 aromatic carbocycles. The van der Waals surface area contributed by atoms with E-state index in [0.717, 1.165) is 28.8 Å². The van der Waals surface area contributed by atoms with Gasteiger partial charge in [0.25, 0.3) is 11.8 Å². The SMILES string of the molecule is CCC(C)NC(=O)c1cncc(C(=O)Nc2c(C)cc(C)cc2C)c1. The fraction of sp³-hybridized carbons (Fsp3) is 0.350. The van der Waals surface area contributed by atoms with Crippen molar-refractivity contribution in [3.05, 3.63) is 58.4 Å². The summed E-state index contributed by atoms with van der Waals surface area (Å²) in [6, 6.07) is 5.69. The molecular formula is C20H25N3O2. The molecule has 2 aromatic rings. The third-order valence-electron chi connectivity index (χ3n) is 4.17. The Kier molecular flexibility index (Phi) is 5.91. The van der Waals surface area contributed by atoms with Crippen molar-refractivity contribution >= 4 is 17.5 Å². The second-order valence-corrected chi connectivity index (χ2v) is 6.47. The summed E-state index contributed by atoms with van der Waals surface area (Å²) in [7, 11) is 0. The lowest BCUT2D eigenvalue weighted by atomic mass is 10.0. The van der Waals surface area contributed by atoms with E-state index >= 15 is 0 Å². The Bertz CT molecular complexity index is 776. The van der Waals surface area contributed by atoms with E-state index in [9.17, 15) is 9.59 Å². The Morgan fingerprint density at radius 3 is 2.12 bits per heavy atom. The molecule has 0 bridgehead atoms. The van der Waals surface area contributed by atoms with Crippen molar-refractivity contribution in [3.63, 3.8) is 0 Å². The number of amides is 2. The lowest BCUT2D eigenvalue weighted by Crippen LogP contribution is -2.32. The predicted molar refractivity (Wildman–Crippen MR) is 100 cm³/mol. The first-order valence-electron chi connectivity index (χ1n) is 8.47. The largest absolute Gasteiger partial charge is 0.350 e. The summed E-state index contributed by atoms with van der Waals surface area (Å²) < 4.78 is 0. The molecule has 0 radical (unpaired) electrons. The van der Waals surface area contributed by atoms with Gasteiger partial charge in [-0.3, -0.25) is 14.6 Å². The zero-order chi connectivity index (χ0) is 18.6. The van der Waals surface area contributed by atoms with Gasteiger partial charge in [-0.25, -0.2) is 0 Å². The molecule has 1 atom stereocenters. The zero-order valence-corrected chi connectivity index (χ0v) is 15.4. The van der Waals surface area contributed by atoms with Crippen molar-refractivity contribution in [3.8, 4) is 0 Å². The van der Waals surface area contributed by atoms with Crippen molar-refractivity contribution in [1.29, 1.82) is 0 Å². The van der Waals surface area contributed by atoms with Gasteiger partial charge in [-0.15, -0.1) is 0 Å². The topological polar surface area (TPSA) is 71.1 Å². The van der Waals surface area contributed by atoms with Crippen LogP contribution in [-0.4, -0.2) is 22.8 Å². The van der Waals surface area contributed by atoms with Crippen LogP contribution in [0.15, 0.2) is 30.6 Å². The van der Waals surface area contributed by atoms with Gasteiger partial charge >= 0.3 is 0 Å². The molecule has 0 saturated heterocycles. The van der Waals surface area contributed by atoms with Gasteiger partial charge in [0, 0.05) is 24.1 Å². The number of nitrogens with zero attached hydrogens (tertiary/aromatic N) is 1. The molecule has 5 nitrogen and oxygen atoms in total. The molecule has 5 heteroatoms. The van der Waals surface area contributed by atoms with Gasteiger partial charge in [-0.2, -0.15) is 0 Å². The lowest BCUT2D eigenvalue weighted by Gasteiger charge is -2.14. The number of hydrogen-bond acceptors (Lipinski definition) is 3. The number of anilines is 1. The van der Waals surface area contributed by atoms with Crippen LogP contribution < -0.4 is 10.6 Å². The van der Waals surface area contributed by atoms with Crippen molar-refractivity contribution in [2.45, 2.75) is 47.1 Å². The van der Waals surface area contributed by atoms with Crippen LogP contribution in [0.25, 0.3) is 0 Å². The fourth-order valence-electron chi connectivity index (χ4n) is 2.66. The van der Waals surface area contributed by atoms with E-state index in [1.807, 2.05) is 46.8 Å². The van der Waals surface area contributed by atoms with Crippen molar-refractivity contribution < 1.29 is 9.59 Å². The molecule has 2 rings (SSSR count). The van der Waals surface area contributed by atoms with Crippen LogP contribution in [0.2, 0.25) is 0 Å². The number of aryl methyl sites for hydroxylation is 3. The molecule has 0 fully saturated rings. The predicted octanol–water partition coefficient (Wildman–Crippen LogP) is 3.79. The zero-order valence-electron chi connectivity index (χ0n) is 15.4. The Morgan fingerprint density at radius 1 is 1.00 bits per heavy atom. The van der Waals surface area contributed by atoms with Gasteiger partial charge in [-0.05, 0) is 51.3 Å². The van der Waals surface area contributed by atoms with Gasteiger partial charge < -0.3 is 10.6 Å². The highest BCUT2D eigenvalue weighted by Gasteiger charge is 2.14. The second-order valence-electron chi connectivity index (χ2n) is 6.47. The van der Waals surface area contributed by atoms with Crippen LogP contribution >= 0.6 is 0 Å². The van der Waals surface area contributed by atoms with Crippen LogP contribution in [0.3, 0.4) is 0 Å². The first-order valence-corrected chi connectivity index (χ1v) is 8.47. The molecule has 132 valence electrons. The van der Waals surface area contributed by atoms with E-state index < -0.39 is 0 Å². The number of carbonyl (C=O) groups excluding carboxylic acids is 2. The van der Waals surface area contributed by atoms with E-state index in [1.54, 1.807) is 6.07 Å². The highest BCUT2D eigenvalue weighted by molar-refractivity contribution is 6.06. The number of aromatic nitrogens is 1. The van der Waals surface area contributed by atoms with Crippen LogP contribution in [0.4, 0.5) is 5.69 Å². The minimum Gasteiger partial charge on any atom is -0.350 e. The average molecular weight is 339 g/mol. The number of hydrogen-bond donors (Lipinski definition) is 2. The first-order chi connectivity index (χ1) is 11.8. The molecule has 2 N–H and O–H groups in total. The molecule has 1 unspecified atom stereocenters. The highest BCUT2D eigenvalue weighted by atomic mass is 16.2. The maximum atomic E-state index is 12.6. The van der Waals surface area contributed by atoms with E-state index in [4.69, 9.17) is 0 Å². The van der Waals surface area contributed by atoms with Crippen molar-refractivity contribution in [1.82, 2.24) is 10.3 Å². The van der Waals surface area contributed by atoms with Crippen LogP contribution in [0.5, 0.6) is 0 Å². The van der Waals surface area contributed by atoms with Crippen molar-refractivity contribution in [2.24, 2.45) is 0 Å². The van der Waals surface area contributed by atoms with E-state index in [1.165, 1.54) is 12.4 Å². The number of nitrogens with one attached hydrogen (secondary N) is 2. The molecule has 1 aromatic heterocycles. The van der Waals surface area contributed by atoms with Crippen LogP contribution in [0, 0.1) is 20.8 Å². The normalized spacial score (nSPS) is 11.7. The van der Waals surface area contributed by atoms with Gasteiger partial charge in [0.15, 0.2) is 0 Å². The summed E-state index contributed by atoms with van der Waals surface area (Å²) in [5, 5.41) is 5.80. The summed E-state index contributed by atoms with van der Waals surface area (Å²) in [5.74, 6) is -0.500. The monoisotopic (exact) mass is 339 g/mol. The van der Waals surface area contributed by atoms with Crippen LogP contribution in [-0.2, 0) is 0 Å². The summed E-state index contributed by atoms with van der Waals surface area (Å²) in [6.07, 6.45) is 3.77. The Balaban J connectivity index is 2.21. The van der Waals surface area contributed by atoms with Gasteiger partial charge in [0.05, 0.1) is 11.1 Å². The van der Waals surface area contributed by atoms with E-state index in [-0.39, 0.29) is 17.9 Å². The number of pyridine rings is 1. The summed E-state index contributed by atoms with van der Waals surface area (Å²) in [5.41, 5.74) is 4.69. The Morgan fingerprint density at radius 2 is 1.56 bits per heavy atom. The fourth-order valence-corrected chi connectivity index (χ4v) is 2.66. The molecule has 0 saturated carbocycles. The summed E-state index contributed by atoms with van der Waals surface area (Å²) in [6.45, 7) is 9.88. The highest BCUT2D eigenvalue weighted by Crippen LogP contribution is 2.22. The van der Waals surface area contributed by atoms with Gasteiger partial charge in [0.1, 0.15) is 0 Å². The molecule has 0 spiro atoms.